The van der Waals surface area contributed by atoms with Crippen molar-refractivity contribution in [3.8, 4) is 0 Å². The van der Waals surface area contributed by atoms with Crippen LogP contribution in [0.15, 0.2) is 53.6 Å². The first-order valence-corrected chi connectivity index (χ1v) is 17.7. The van der Waals surface area contributed by atoms with Gasteiger partial charge in [0.2, 0.25) is 0 Å². The number of ether oxygens (including phenoxy) is 3. The van der Waals surface area contributed by atoms with Gasteiger partial charge < -0.3 is 29.0 Å². The molecule has 0 saturated carbocycles. The fourth-order valence-electron chi connectivity index (χ4n) is 6.22. The van der Waals surface area contributed by atoms with E-state index in [0.29, 0.717) is 5.82 Å². The number of imidazole rings is 1. The van der Waals surface area contributed by atoms with Crippen LogP contribution in [0.1, 0.15) is 37.1 Å². The molecule has 18 heteroatoms. The lowest BCUT2D eigenvalue weighted by Gasteiger charge is -2.26. The number of hydrogen-bond donors (Lipinski definition) is 3. The van der Waals surface area contributed by atoms with Crippen molar-refractivity contribution in [2.75, 3.05) is 19.8 Å². The number of nitrogens with one attached hydrogen (secondary N) is 1. The van der Waals surface area contributed by atoms with Gasteiger partial charge in [-0.15, -0.1) is 0 Å². The van der Waals surface area contributed by atoms with Gasteiger partial charge in [0, 0.05) is 13.0 Å². The standard InChI is InChI=1S/C28H32N4O12P2/c1-3-38-24-22-13-40-45(34,35)43-20-11-19(18-10-6-8-16-7-4-5-9-17(16)18)41-21(20)12-39-46(36,37)44-25(24)28(42-22)32-14-29-23-26(32)30-15(2)31-27(23)33/h4-10,14,19-22,24-25,28H,3,11-13H2,1-2H3,(H,34,35)(H,36,37)(H,30,31,33)/t19-,20-,21-,22-,24?,25+,28-/m1/s1. The second-order valence-corrected chi connectivity index (χ2v) is 14.0. The minimum absolute atomic E-state index is 0.00289. The first-order chi connectivity index (χ1) is 22.0. The Morgan fingerprint density at radius 3 is 2.54 bits per heavy atom. The second-order valence-electron chi connectivity index (χ2n) is 11.2. The van der Waals surface area contributed by atoms with E-state index in [1.807, 2.05) is 42.5 Å². The Morgan fingerprint density at radius 2 is 1.74 bits per heavy atom. The number of aromatic nitrogens is 4. The monoisotopic (exact) mass is 678 g/mol. The van der Waals surface area contributed by atoms with Crippen LogP contribution in [0.3, 0.4) is 0 Å². The number of rotatable bonds is 4. The average Bonchev–Trinajstić information content (AvgIpc) is 3.70. The number of aryl methyl sites for hydroxylation is 1. The van der Waals surface area contributed by atoms with Crippen LogP contribution in [-0.4, -0.2) is 79.6 Å². The molecule has 0 spiro atoms. The van der Waals surface area contributed by atoms with E-state index in [4.69, 9.17) is 32.3 Å². The van der Waals surface area contributed by atoms with Gasteiger partial charge in [0.1, 0.15) is 36.3 Å². The van der Waals surface area contributed by atoms with Crippen LogP contribution in [-0.2, 0) is 41.4 Å². The van der Waals surface area contributed by atoms with Crippen molar-refractivity contribution in [1.82, 2.24) is 19.5 Å². The van der Waals surface area contributed by atoms with Crippen LogP contribution in [0.2, 0.25) is 0 Å². The third-order valence-electron chi connectivity index (χ3n) is 8.17. The van der Waals surface area contributed by atoms with Gasteiger partial charge in [0.25, 0.3) is 5.56 Å². The van der Waals surface area contributed by atoms with E-state index in [1.54, 1.807) is 13.8 Å². The van der Waals surface area contributed by atoms with Crippen molar-refractivity contribution in [3.63, 3.8) is 0 Å². The molecule has 3 saturated heterocycles. The van der Waals surface area contributed by atoms with E-state index >= 15 is 0 Å². The van der Waals surface area contributed by atoms with Crippen LogP contribution >= 0.6 is 15.6 Å². The summed E-state index contributed by atoms with van der Waals surface area (Å²) in [6.45, 7) is 2.35. The summed E-state index contributed by atoms with van der Waals surface area (Å²) < 4.78 is 68.6. The van der Waals surface area contributed by atoms with Crippen molar-refractivity contribution in [3.05, 3.63) is 70.5 Å². The summed E-state index contributed by atoms with van der Waals surface area (Å²) in [5.41, 5.74) is 0.431. The first kappa shape index (κ1) is 31.7. The van der Waals surface area contributed by atoms with E-state index in [9.17, 15) is 23.7 Å². The predicted molar refractivity (Wildman–Crippen MR) is 160 cm³/mol. The molecule has 0 radical (unpaired) electrons. The van der Waals surface area contributed by atoms with Crippen LogP contribution in [0, 0.1) is 6.92 Å². The molecule has 3 fully saturated rings. The minimum Gasteiger partial charge on any atom is -0.373 e. The third kappa shape index (κ3) is 6.12. The maximum Gasteiger partial charge on any atom is 0.472 e. The number of fused-ring (bicyclic) bond motifs is 5. The van der Waals surface area contributed by atoms with Crippen LogP contribution in [0.5, 0.6) is 0 Å². The fourth-order valence-corrected chi connectivity index (χ4v) is 8.11. The van der Waals surface area contributed by atoms with Crippen LogP contribution in [0.25, 0.3) is 21.9 Å². The highest BCUT2D eigenvalue weighted by Gasteiger charge is 2.53. The van der Waals surface area contributed by atoms with Crippen molar-refractivity contribution < 1.29 is 51.2 Å². The molecule has 3 aliphatic heterocycles. The molecule has 46 heavy (non-hydrogen) atoms. The third-order valence-corrected chi connectivity index (χ3v) is 10.2. The first-order valence-electron chi connectivity index (χ1n) is 14.7. The summed E-state index contributed by atoms with van der Waals surface area (Å²) in [5, 5.41) is 1.90. The van der Waals surface area contributed by atoms with E-state index in [-0.39, 0.29) is 24.2 Å². The van der Waals surface area contributed by atoms with Gasteiger partial charge in [0.15, 0.2) is 17.4 Å². The van der Waals surface area contributed by atoms with Gasteiger partial charge in [0.05, 0.1) is 25.6 Å². The van der Waals surface area contributed by atoms with Crippen LogP contribution < -0.4 is 5.56 Å². The van der Waals surface area contributed by atoms with E-state index < -0.39 is 77.3 Å². The summed E-state index contributed by atoms with van der Waals surface area (Å²) in [4.78, 5) is 45.3. The van der Waals surface area contributed by atoms with Crippen molar-refractivity contribution >= 4 is 37.6 Å². The van der Waals surface area contributed by atoms with Gasteiger partial charge >= 0.3 is 15.6 Å². The molecule has 3 unspecified atom stereocenters. The van der Waals surface area contributed by atoms with Crippen LogP contribution in [0.4, 0.5) is 0 Å². The molecule has 7 rings (SSSR count). The molecular weight excluding hydrogens is 646 g/mol. The predicted octanol–water partition coefficient (Wildman–Crippen LogP) is 3.43. The minimum atomic E-state index is -4.88. The number of nitrogens with zero attached hydrogens (tertiary/aromatic N) is 3. The molecule has 2 aromatic heterocycles. The number of phosphoric acid groups is 2. The Bertz CT molecular complexity index is 1910. The largest absolute Gasteiger partial charge is 0.472 e. The molecular formula is C28H32N4O12P2. The summed E-state index contributed by atoms with van der Waals surface area (Å²) in [5.74, 6) is 0.292. The van der Waals surface area contributed by atoms with Crippen molar-refractivity contribution in [2.24, 2.45) is 0 Å². The molecule has 16 nitrogen and oxygen atoms in total. The Kier molecular flexibility index (Phi) is 8.49. The normalized spacial score (nSPS) is 35.4. The number of aromatic amines is 1. The Hall–Kier alpha value is -2.85. The molecule has 4 aromatic rings. The number of hydrogen-bond acceptors (Lipinski definition) is 12. The summed E-state index contributed by atoms with van der Waals surface area (Å²) in [6, 6.07) is 13.4. The Morgan fingerprint density at radius 1 is 1.00 bits per heavy atom. The lowest BCUT2D eigenvalue weighted by Crippen LogP contribution is -2.38. The van der Waals surface area contributed by atoms with Crippen molar-refractivity contribution in [2.45, 2.75) is 63.1 Å². The van der Waals surface area contributed by atoms with Gasteiger partial charge in [-0.2, -0.15) is 0 Å². The average molecular weight is 679 g/mol. The van der Waals surface area contributed by atoms with E-state index in [0.717, 1.165) is 16.3 Å². The molecule has 0 amide bonds. The zero-order valence-corrected chi connectivity index (χ0v) is 26.5. The van der Waals surface area contributed by atoms with E-state index in [2.05, 4.69) is 15.0 Å². The van der Waals surface area contributed by atoms with Gasteiger partial charge in [-0.05, 0) is 30.2 Å². The maximum absolute atomic E-state index is 13.5. The molecule has 2 bridgehead atoms. The topological polar surface area (TPSA) is 203 Å². The highest BCUT2D eigenvalue weighted by Crippen LogP contribution is 2.54. The summed E-state index contributed by atoms with van der Waals surface area (Å²) in [6.07, 6.45) is -6.02. The lowest BCUT2D eigenvalue weighted by atomic mass is 9.98. The maximum atomic E-state index is 13.5. The van der Waals surface area contributed by atoms with Gasteiger partial charge in [-0.1, -0.05) is 42.5 Å². The molecule has 246 valence electrons. The smallest absolute Gasteiger partial charge is 0.373 e. The zero-order valence-electron chi connectivity index (χ0n) is 24.7. The fraction of sp³-hybridized carbons (Fsp3) is 0.464. The quantitative estimate of drug-likeness (QED) is 0.265. The number of phosphoric ester groups is 2. The molecule has 9 atom stereocenters. The summed E-state index contributed by atoms with van der Waals surface area (Å²) in [7, 11) is -9.63. The second kappa shape index (κ2) is 12.3. The zero-order chi connectivity index (χ0) is 32.2. The van der Waals surface area contributed by atoms with Gasteiger partial charge in [-0.3, -0.25) is 27.5 Å². The highest BCUT2D eigenvalue weighted by molar-refractivity contribution is 7.47. The molecule has 3 aliphatic rings. The summed E-state index contributed by atoms with van der Waals surface area (Å²) >= 11 is 0. The number of benzene rings is 2. The molecule has 3 N–H and O–H groups in total. The van der Waals surface area contributed by atoms with Gasteiger partial charge in [-0.25, -0.2) is 19.1 Å². The Labute approximate surface area is 261 Å². The lowest BCUT2D eigenvalue weighted by molar-refractivity contribution is -0.0646. The van der Waals surface area contributed by atoms with E-state index in [1.165, 1.54) is 10.9 Å². The molecule has 2 aromatic carbocycles. The number of H-pyrrole nitrogens is 1. The van der Waals surface area contributed by atoms with Crippen molar-refractivity contribution in [1.29, 1.82) is 0 Å². The SMILES string of the molecule is CCOC1[C@H]2COP(=O)(O)O[C@@H]3C[C@H](c4cccc5ccccc45)O[C@@H]3COP(=O)(O)O[C@@H]1[C@H](n1cnc3c(=O)[nH]c(C)nc31)O2. The highest BCUT2D eigenvalue weighted by atomic mass is 31.2. The molecule has 0 aliphatic carbocycles. The molecule has 5 heterocycles. The Balaban J connectivity index is 1.21.